The highest BCUT2D eigenvalue weighted by Gasteiger charge is 2.34. The topological polar surface area (TPSA) is 101 Å². The Bertz CT molecular complexity index is 774. The third kappa shape index (κ3) is 5.56. The number of nitrogens with one attached hydrogen (secondary N) is 2. The number of rotatable bonds is 8. The third-order valence-corrected chi connectivity index (χ3v) is 5.68. The summed E-state index contributed by atoms with van der Waals surface area (Å²) in [5.41, 5.74) is 2.28. The van der Waals surface area contributed by atoms with Gasteiger partial charge in [0.05, 0.1) is 17.9 Å². The van der Waals surface area contributed by atoms with E-state index in [4.69, 9.17) is 4.74 Å². The molecule has 30 heavy (non-hydrogen) atoms. The van der Waals surface area contributed by atoms with Crippen molar-refractivity contribution in [2.24, 2.45) is 0 Å². The molecule has 3 amide bonds. The minimum absolute atomic E-state index is 0.00143. The van der Waals surface area contributed by atoms with Crippen LogP contribution in [0.5, 0.6) is 0 Å². The maximum atomic E-state index is 12.7. The molecule has 3 heterocycles. The van der Waals surface area contributed by atoms with Gasteiger partial charge in [0.15, 0.2) is 0 Å². The summed E-state index contributed by atoms with van der Waals surface area (Å²) in [6, 6.07) is 3.31. The van der Waals surface area contributed by atoms with Gasteiger partial charge >= 0.3 is 0 Å². The smallest absolute Gasteiger partial charge is 0.253 e. The van der Waals surface area contributed by atoms with Crippen molar-refractivity contribution < 1.29 is 19.1 Å². The number of pyridine rings is 1. The second-order valence-corrected chi connectivity index (χ2v) is 8.01. The summed E-state index contributed by atoms with van der Waals surface area (Å²) in [5.74, 6) is -0.0570. The predicted octanol–water partition coefficient (Wildman–Crippen LogP) is 1.53. The highest BCUT2D eigenvalue weighted by Crippen LogP contribution is 2.30. The molecule has 8 nitrogen and oxygen atoms in total. The van der Waals surface area contributed by atoms with E-state index < -0.39 is 0 Å². The Morgan fingerprint density at radius 1 is 1.23 bits per heavy atom. The Balaban J connectivity index is 1.59. The molecule has 0 spiro atoms. The summed E-state index contributed by atoms with van der Waals surface area (Å²) in [6.45, 7) is 6.83. The molecule has 2 aliphatic heterocycles. The third-order valence-electron chi connectivity index (χ3n) is 5.68. The van der Waals surface area contributed by atoms with Gasteiger partial charge in [-0.25, -0.2) is 0 Å². The van der Waals surface area contributed by atoms with Crippen molar-refractivity contribution in [3.63, 3.8) is 0 Å². The number of nitrogens with zero attached hydrogens (tertiary/aromatic N) is 2. The number of ether oxygens (including phenoxy) is 1. The van der Waals surface area contributed by atoms with Crippen LogP contribution in [0.15, 0.2) is 12.1 Å². The Hall–Kier alpha value is -2.48. The normalized spacial score (nSPS) is 19.6. The lowest BCUT2D eigenvalue weighted by molar-refractivity contribution is -0.135. The van der Waals surface area contributed by atoms with Crippen LogP contribution in [-0.4, -0.2) is 66.5 Å². The lowest BCUT2D eigenvalue weighted by Crippen LogP contribution is -2.47. The van der Waals surface area contributed by atoms with Crippen molar-refractivity contribution >= 4 is 17.7 Å². The lowest BCUT2D eigenvalue weighted by atomic mass is 9.89. The number of aromatic nitrogens is 1. The van der Waals surface area contributed by atoms with Crippen LogP contribution in [0.1, 0.15) is 66.7 Å². The summed E-state index contributed by atoms with van der Waals surface area (Å²) in [4.78, 5) is 43.3. The molecule has 0 aromatic carbocycles. The number of hydrogen-bond donors (Lipinski definition) is 2. The van der Waals surface area contributed by atoms with E-state index in [1.807, 2.05) is 30.9 Å². The number of amides is 3. The summed E-state index contributed by atoms with van der Waals surface area (Å²) in [7, 11) is 0. The van der Waals surface area contributed by atoms with Crippen LogP contribution >= 0.6 is 0 Å². The monoisotopic (exact) mass is 416 g/mol. The van der Waals surface area contributed by atoms with Crippen molar-refractivity contribution in [2.75, 3.05) is 32.8 Å². The van der Waals surface area contributed by atoms with Gasteiger partial charge in [0.25, 0.3) is 5.91 Å². The van der Waals surface area contributed by atoms with E-state index in [1.165, 1.54) is 0 Å². The summed E-state index contributed by atoms with van der Waals surface area (Å²) in [5, 5.41) is 5.67. The molecule has 164 valence electrons. The summed E-state index contributed by atoms with van der Waals surface area (Å²) >= 11 is 0. The van der Waals surface area contributed by atoms with Gasteiger partial charge in [-0.2, -0.15) is 0 Å². The van der Waals surface area contributed by atoms with Crippen LogP contribution in [0.3, 0.4) is 0 Å². The average Bonchev–Trinajstić information content (AvgIpc) is 3.19. The first-order chi connectivity index (χ1) is 14.5. The molecule has 2 N–H and O–H groups in total. The van der Waals surface area contributed by atoms with E-state index in [1.54, 1.807) is 0 Å². The predicted molar refractivity (Wildman–Crippen MR) is 112 cm³/mol. The van der Waals surface area contributed by atoms with E-state index in [9.17, 15) is 14.4 Å². The number of hydrogen-bond acceptors (Lipinski definition) is 5. The molecule has 1 atom stereocenters. The summed E-state index contributed by atoms with van der Waals surface area (Å²) < 4.78 is 5.42. The van der Waals surface area contributed by atoms with Crippen molar-refractivity contribution in [3.8, 4) is 0 Å². The standard InChI is InChI=1S/C22H32N4O4/c1-3-13-30-14-10-23-21(28)17-5-4-15(2)24-20(17)16-8-11-26(12-9-16)22(29)18-6-7-19(27)25-18/h4-5,16,18H,3,6-14H2,1-2H3,(H,23,28)(H,25,27). The largest absolute Gasteiger partial charge is 0.380 e. The van der Waals surface area contributed by atoms with E-state index in [0.717, 1.165) is 30.7 Å². The molecular weight excluding hydrogens is 384 g/mol. The molecule has 1 unspecified atom stereocenters. The molecule has 2 saturated heterocycles. The fourth-order valence-corrected chi connectivity index (χ4v) is 4.05. The van der Waals surface area contributed by atoms with E-state index in [2.05, 4.69) is 15.6 Å². The molecular formula is C22H32N4O4. The highest BCUT2D eigenvalue weighted by molar-refractivity contribution is 5.95. The molecule has 0 saturated carbocycles. The first-order valence-corrected chi connectivity index (χ1v) is 10.9. The van der Waals surface area contributed by atoms with Gasteiger partial charge in [0.2, 0.25) is 11.8 Å². The molecule has 8 heteroatoms. The van der Waals surface area contributed by atoms with Gasteiger partial charge in [-0.05, 0) is 44.7 Å². The first kappa shape index (κ1) is 22.2. The van der Waals surface area contributed by atoms with Crippen molar-refractivity contribution in [1.29, 1.82) is 0 Å². The van der Waals surface area contributed by atoms with Gasteiger partial charge in [0.1, 0.15) is 6.04 Å². The molecule has 2 fully saturated rings. The maximum absolute atomic E-state index is 12.7. The van der Waals surface area contributed by atoms with Crippen LogP contribution in [0.25, 0.3) is 0 Å². The Kier molecular flexibility index (Phi) is 7.79. The molecule has 0 aliphatic carbocycles. The molecule has 1 aromatic rings. The lowest BCUT2D eigenvalue weighted by Gasteiger charge is -2.33. The highest BCUT2D eigenvalue weighted by atomic mass is 16.5. The second kappa shape index (κ2) is 10.5. The zero-order valence-corrected chi connectivity index (χ0v) is 17.9. The van der Waals surface area contributed by atoms with Gasteiger partial charge in [-0.3, -0.25) is 19.4 Å². The second-order valence-electron chi connectivity index (χ2n) is 8.01. The first-order valence-electron chi connectivity index (χ1n) is 10.9. The molecule has 1 aromatic heterocycles. The van der Waals surface area contributed by atoms with E-state index >= 15 is 0 Å². The zero-order chi connectivity index (χ0) is 21.5. The summed E-state index contributed by atoms with van der Waals surface area (Å²) in [6.07, 6.45) is 3.45. The van der Waals surface area contributed by atoms with Crippen LogP contribution < -0.4 is 10.6 Å². The number of aryl methyl sites for hydroxylation is 1. The molecule has 3 rings (SSSR count). The van der Waals surface area contributed by atoms with Crippen LogP contribution in [0.2, 0.25) is 0 Å². The minimum Gasteiger partial charge on any atom is -0.380 e. The molecule has 2 aliphatic rings. The fourth-order valence-electron chi connectivity index (χ4n) is 4.05. The van der Waals surface area contributed by atoms with Gasteiger partial charge in [-0.1, -0.05) is 6.92 Å². The molecule has 0 bridgehead atoms. The van der Waals surface area contributed by atoms with Gasteiger partial charge in [-0.15, -0.1) is 0 Å². The SMILES string of the molecule is CCCOCCNC(=O)c1ccc(C)nc1C1CCN(C(=O)C2CCC(=O)N2)CC1. The fraction of sp³-hybridized carbons (Fsp3) is 0.636. The van der Waals surface area contributed by atoms with Crippen molar-refractivity contribution in [1.82, 2.24) is 20.5 Å². The minimum atomic E-state index is -0.387. The van der Waals surface area contributed by atoms with Gasteiger partial charge < -0.3 is 20.3 Å². The van der Waals surface area contributed by atoms with Crippen LogP contribution in [0.4, 0.5) is 0 Å². The number of carbonyl (C=O) groups excluding carboxylic acids is 3. The van der Waals surface area contributed by atoms with Gasteiger partial charge in [0, 0.05) is 44.3 Å². The Morgan fingerprint density at radius 2 is 2.00 bits per heavy atom. The van der Waals surface area contributed by atoms with E-state index in [0.29, 0.717) is 51.3 Å². The van der Waals surface area contributed by atoms with Crippen molar-refractivity contribution in [2.45, 2.75) is 57.9 Å². The number of carbonyl (C=O) groups is 3. The zero-order valence-electron chi connectivity index (χ0n) is 17.9. The number of piperidine rings is 1. The van der Waals surface area contributed by atoms with E-state index in [-0.39, 0.29) is 29.7 Å². The Labute approximate surface area is 177 Å². The number of likely N-dealkylation sites (tertiary alicyclic amines) is 1. The van der Waals surface area contributed by atoms with Crippen LogP contribution in [0, 0.1) is 6.92 Å². The van der Waals surface area contributed by atoms with Crippen molar-refractivity contribution in [3.05, 3.63) is 29.1 Å². The molecule has 0 radical (unpaired) electrons. The maximum Gasteiger partial charge on any atom is 0.253 e. The average molecular weight is 417 g/mol. The van der Waals surface area contributed by atoms with Crippen LogP contribution in [-0.2, 0) is 14.3 Å². The Morgan fingerprint density at radius 3 is 2.67 bits per heavy atom. The quantitative estimate of drug-likeness (QED) is 0.626.